The molecule has 0 aliphatic heterocycles. The molecule has 0 radical (unpaired) electrons. The monoisotopic (exact) mass is 367 g/mol. The maximum absolute atomic E-state index is 12.4. The fourth-order valence-electron chi connectivity index (χ4n) is 2.17. The van der Waals surface area contributed by atoms with Gasteiger partial charge in [0.25, 0.3) is 10.0 Å². The van der Waals surface area contributed by atoms with Gasteiger partial charge in [-0.2, -0.15) is 0 Å². The molecule has 5 nitrogen and oxygen atoms in total. The molecule has 2 N–H and O–H groups in total. The Morgan fingerprint density at radius 2 is 1.83 bits per heavy atom. The van der Waals surface area contributed by atoms with Gasteiger partial charge in [0.15, 0.2) is 0 Å². The molecule has 0 atom stereocenters. The number of carboxylic acid groups (broad SMARTS) is 1. The van der Waals surface area contributed by atoms with Crippen LogP contribution in [0.1, 0.15) is 35.7 Å². The van der Waals surface area contributed by atoms with E-state index < -0.39 is 16.0 Å². The van der Waals surface area contributed by atoms with Crippen LogP contribution in [0, 0.1) is 0 Å². The predicted molar refractivity (Wildman–Crippen MR) is 94.3 cm³/mol. The summed E-state index contributed by atoms with van der Waals surface area (Å²) >= 11 is 5.76. The Kier molecular flexibility index (Phi) is 5.85. The van der Waals surface area contributed by atoms with Crippen LogP contribution in [0.25, 0.3) is 0 Å². The van der Waals surface area contributed by atoms with E-state index in [4.69, 9.17) is 16.7 Å². The van der Waals surface area contributed by atoms with E-state index in [0.717, 1.165) is 30.9 Å². The second-order valence-corrected chi connectivity index (χ2v) is 7.44. The molecular weight excluding hydrogens is 350 g/mol. The van der Waals surface area contributed by atoms with Crippen molar-refractivity contribution in [2.45, 2.75) is 31.1 Å². The van der Waals surface area contributed by atoms with Gasteiger partial charge in [0.2, 0.25) is 0 Å². The summed E-state index contributed by atoms with van der Waals surface area (Å²) in [6, 6.07) is 10.7. The van der Waals surface area contributed by atoms with Crippen molar-refractivity contribution in [3.63, 3.8) is 0 Å². The number of carboxylic acids is 1. The SMILES string of the molecule is CCCCc1ccc(NS(=O)(=O)c2ccc(Cl)c(C(=O)O)c2)cc1. The number of hydrogen-bond acceptors (Lipinski definition) is 3. The predicted octanol–water partition coefficient (Wildman–Crippen LogP) is 4.18. The Balaban J connectivity index is 2.22. The first-order valence-electron chi connectivity index (χ1n) is 7.48. The molecule has 0 unspecified atom stereocenters. The normalized spacial score (nSPS) is 11.2. The number of aromatic carboxylic acids is 1. The molecule has 0 saturated carbocycles. The van der Waals surface area contributed by atoms with Gasteiger partial charge in [-0.3, -0.25) is 4.72 Å². The summed E-state index contributed by atoms with van der Waals surface area (Å²) in [5.74, 6) is -1.28. The van der Waals surface area contributed by atoms with E-state index in [0.29, 0.717) is 5.69 Å². The molecule has 0 aliphatic carbocycles. The minimum Gasteiger partial charge on any atom is -0.478 e. The number of anilines is 1. The zero-order valence-corrected chi connectivity index (χ0v) is 14.7. The summed E-state index contributed by atoms with van der Waals surface area (Å²) in [7, 11) is -3.89. The third-order valence-corrected chi connectivity index (χ3v) is 5.21. The Morgan fingerprint density at radius 1 is 1.17 bits per heavy atom. The highest BCUT2D eigenvalue weighted by Crippen LogP contribution is 2.23. The standard InChI is InChI=1S/C17H18ClNO4S/c1-2-3-4-12-5-7-13(8-6-12)19-24(22,23)14-9-10-16(18)15(11-14)17(20)21/h5-11,19H,2-4H2,1H3,(H,20,21). The lowest BCUT2D eigenvalue weighted by molar-refractivity contribution is 0.0697. The van der Waals surface area contributed by atoms with E-state index in [-0.39, 0.29) is 15.5 Å². The van der Waals surface area contributed by atoms with Crippen LogP contribution < -0.4 is 4.72 Å². The third-order valence-electron chi connectivity index (χ3n) is 3.50. The number of rotatable bonds is 7. The van der Waals surface area contributed by atoms with Gasteiger partial charge in [0.05, 0.1) is 15.5 Å². The summed E-state index contributed by atoms with van der Waals surface area (Å²) in [6.07, 6.45) is 3.12. The number of benzene rings is 2. The fraction of sp³-hybridized carbons (Fsp3) is 0.235. The molecule has 0 aliphatic rings. The molecule has 2 aromatic carbocycles. The Morgan fingerprint density at radius 3 is 2.42 bits per heavy atom. The van der Waals surface area contributed by atoms with Gasteiger partial charge in [0.1, 0.15) is 0 Å². The van der Waals surface area contributed by atoms with Crippen molar-refractivity contribution in [2.24, 2.45) is 0 Å². The van der Waals surface area contributed by atoms with E-state index in [9.17, 15) is 13.2 Å². The Bertz CT molecular complexity index is 832. The highest BCUT2D eigenvalue weighted by molar-refractivity contribution is 7.92. The zero-order chi connectivity index (χ0) is 17.7. The molecule has 128 valence electrons. The van der Waals surface area contributed by atoms with Crippen LogP contribution in [0.4, 0.5) is 5.69 Å². The van der Waals surface area contributed by atoms with Crippen LogP contribution in [0.5, 0.6) is 0 Å². The average Bonchev–Trinajstić information content (AvgIpc) is 2.54. The van der Waals surface area contributed by atoms with Gasteiger partial charge >= 0.3 is 5.97 Å². The first kappa shape index (κ1) is 18.3. The van der Waals surface area contributed by atoms with Crippen LogP contribution in [0.3, 0.4) is 0 Å². The van der Waals surface area contributed by atoms with Crippen LogP contribution in [0.15, 0.2) is 47.4 Å². The summed E-state index contributed by atoms with van der Waals surface area (Å²) in [5, 5.41) is 9.03. The molecule has 0 heterocycles. The van der Waals surface area contributed by atoms with Gasteiger partial charge in [-0.15, -0.1) is 0 Å². The molecule has 0 fully saturated rings. The smallest absolute Gasteiger partial charge is 0.337 e. The summed E-state index contributed by atoms with van der Waals surface area (Å²) in [5.41, 5.74) is 1.30. The van der Waals surface area contributed by atoms with Gasteiger partial charge in [-0.25, -0.2) is 13.2 Å². The van der Waals surface area contributed by atoms with Crippen LogP contribution >= 0.6 is 11.6 Å². The van der Waals surface area contributed by atoms with Crippen molar-refractivity contribution < 1.29 is 18.3 Å². The van der Waals surface area contributed by atoms with Crippen molar-refractivity contribution in [3.05, 3.63) is 58.6 Å². The molecule has 2 aromatic rings. The number of halogens is 1. The number of carbonyl (C=O) groups is 1. The van der Waals surface area contributed by atoms with Crippen LogP contribution in [-0.4, -0.2) is 19.5 Å². The van der Waals surface area contributed by atoms with Crippen molar-refractivity contribution in [3.8, 4) is 0 Å². The summed E-state index contributed by atoms with van der Waals surface area (Å²) < 4.78 is 27.2. The van der Waals surface area contributed by atoms with Gasteiger partial charge < -0.3 is 5.11 Å². The zero-order valence-electron chi connectivity index (χ0n) is 13.1. The lowest BCUT2D eigenvalue weighted by atomic mass is 10.1. The fourth-order valence-corrected chi connectivity index (χ4v) is 3.45. The molecule has 0 saturated heterocycles. The number of nitrogens with one attached hydrogen (secondary N) is 1. The average molecular weight is 368 g/mol. The molecule has 0 bridgehead atoms. The molecular formula is C17H18ClNO4S. The molecule has 24 heavy (non-hydrogen) atoms. The maximum atomic E-state index is 12.4. The number of hydrogen-bond donors (Lipinski definition) is 2. The van der Waals surface area contributed by atoms with Crippen molar-refractivity contribution in [1.29, 1.82) is 0 Å². The van der Waals surface area contributed by atoms with Gasteiger partial charge in [-0.05, 0) is 48.7 Å². The third kappa shape index (κ3) is 4.49. The van der Waals surface area contributed by atoms with E-state index in [1.165, 1.54) is 12.1 Å². The van der Waals surface area contributed by atoms with Crippen LogP contribution in [0.2, 0.25) is 5.02 Å². The molecule has 7 heteroatoms. The summed E-state index contributed by atoms with van der Waals surface area (Å²) in [4.78, 5) is 10.9. The van der Waals surface area contributed by atoms with Crippen molar-refractivity contribution >= 4 is 33.3 Å². The highest BCUT2D eigenvalue weighted by Gasteiger charge is 2.18. The van der Waals surface area contributed by atoms with E-state index in [2.05, 4.69) is 11.6 Å². The lowest BCUT2D eigenvalue weighted by Crippen LogP contribution is -2.14. The Hall–Kier alpha value is -2.05. The second kappa shape index (κ2) is 7.68. The van der Waals surface area contributed by atoms with E-state index >= 15 is 0 Å². The van der Waals surface area contributed by atoms with E-state index in [1.807, 2.05) is 12.1 Å². The van der Waals surface area contributed by atoms with Crippen LogP contribution in [-0.2, 0) is 16.4 Å². The van der Waals surface area contributed by atoms with Gasteiger partial charge in [0, 0.05) is 5.69 Å². The number of aryl methyl sites for hydroxylation is 1. The first-order chi connectivity index (χ1) is 11.3. The molecule has 0 spiro atoms. The van der Waals surface area contributed by atoms with Crippen molar-refractivity contribution in [2.75, 3.05) is 4.72 Å². The largest absolute Gasteiger partial charge is 0.478 e. The topological polar surface area (TPSA) is 83.5 Å². The molecule has 0 aromatic heterocycles. The second-order valence-electron chi connectivity index (χ2n) is 5.35. The minimum atomic E-state index is -3.89. The minimum absolute atomic E-state index is 0.0123. The number of unbranched alkanes of at least 4 members (excludes halogenated alkanes) is 1. The molecule has 0 amide bonds. The first-order valence-corrected chi connectivity index (χ1v) is 9.34. The summed E-state index contributed by atoms with van der Waals surface area (Å²) in [6.45, 7) is 2.11. The van der Waals surface area contributed by atoms with Gasteiger partial charge in [-0.1, -0.05) is 37.1 Å². The maximum Gasteiger partial charge on any atom is 0.337 e. The van der Waals surface area contributed by atoms with Crippen molar-refractivity contribution in [1.82, 2.24) is 0 Å². The Labute approximate surface area is 146 Å². The highest BCUT2D eigenvalue weighted by atomic mass is 35.5. The quantitative estimate of drug-likeness (QED) is 0.768. The number of sulfonamides is 1. The molecule has 2 rings (SSSR count). The lowest BCUT2D eigenvalue weighted by Gasteiger charge is -2.10. The van der Waals surface area contributed by atoms with E-state index in [1.54, 1.807) is 12.1 Å².